The highest BCUT2D eigenvalue weighted by atomic mass is 16.5. The quantitative estimate of drug-likeness (QED) is 0.813. The molecule has 0 saturated carbocycles. The molecule has 1 aliphatic heterocycles. The Hall–Kier alpha value is -1.95. The highest BCUT2D eigenvalue weighted by Crippen LogP contribution is 2.27. The number of esters is 1. The Morgan fingerprint density at radius 2 is 2.05 bits per heavy atom. The molecular formula is C16H22N4O2. The summed E-state index contributed by atoms with van der Waals surface area (Å²) < 4.78 is 6.41. The van der Waals surface area contributed by atoms with Gasteiger partial charge in [-0.2, -0.15) is 5.10 Å². The van der Waals surface area contributed by atoms with Gasteiger partial charge in [-0.25, -0.2) is 14.3 Å². The Morgan fingerprint density at radius 1 is 1.32 bits per heavy atom. The van der Waals surface area contributed by atoms with Gasteiger partial charge in [-0.1, -0.05) is 0 Å². The first-order chi connectivity index (χ1) is 10.6. The standard InChI is InChI=1S/C16H22N4O2/c1-11(2)19-8-6-12(7-9-19)15-17-14-5-4-13(16(21)22-3)10-20(14)18-15/h4-5,10-12H,6-9H2,1-3H3. The molecule has 0 aliphatic carbocycles. The Morgan fingerprint density at radius 3 is 2.68 bits per heavy atom. The zero-order chi connectivity index (χ0) is 15.7. The fourth-order valence-corrected chi connectivity index (χ4v) is 2.99. The van der Waals surface area contributed by atoms with Crippen LogP contribution in [0, 0.1) is 0 Å². The van der Waals surface area contributed by atoms with Crippen molar-refractivity contribution in [2.75, 3.05) is 20.2 Å². The minimum atomic E-state index is -0.357. The summed E-state index contributed by atoms with van der Waals surface area (Å²) >= 11 is 0. The number of piperidine rings is 1. The van der Waals surface area contributed by atoms with Crippen LogP contribution in [0.15, 0.2) is 18.3 Å². The van der Waals surface area contributed by atoms with Gasteiger partial charge in [-0.05, 0) is 51.9 Å². The lowest BCUT2D eigenvalue weighted by atomic mass is 9.95. The highest BCUT2D eigenvalue weighted by Gasteiger charge is 2.25. The zero-order valence-electron chi connectivity index (χ0n) is 13.3. The van der Waals surface area contributed by atoms with Gasteiger partial charge in [-0.3, -0.25) is 0 Å². The molecule has 1 saturated heterocycles. The van der Waals surface area contributed by atoms with Crippen LogP contribution in [-0.4, -0.2) is 51.7 Å². The highest BCUT2D eigenvalue weighted by molar-refractivity contribution is 5.89. The molecule has 2 aromatic heterocycles. The van der Waals surface area contributed by atoms with Crippen molar-refractivity contribution in [3.8, 4) is 0 Å². The first kappa shape index (κ1) is 15.0. The summed E-state index contributed by atoms with van der Waals surface area (Å²) in [6, 6.07) is 4.13. The van der Waals surface area contributed by atoms with Gasteiger partial charge >= 0.3 is 5.97 Å². The molecule has 2 aromatic rings. The fraction of sp³-hybridized carbons (Fsp3) is 0.562. The van der Waals surface area contributed by atoms with Gasteiger partial charge in [0, 0.05) is 18.2 Å². The van der Waals surface area contributed by atoms with Crippen molar-refractivity contribution in [1.82, 2.24) is 19.5 Å². The number of methoxy groups -OCH3 is 1. The summed E-state index contributed by atoms with van der Waals surface area (Å²) in [4.78, 5) is 18.7. The van der Waals surface area contributed by atoms with Crippen LogP contribution < -0.4 is 0 Å². The Labute approximate surface area is 130 Å². The predicted molar refractivity (Wildman–Crippen MR) is 83.0 cm³/mol. The van der Waals surface area contributed by atoms with Crippen LogP contribution in [0.2, 0.25) is 0 Å². The molecule has 6 nitrogen and oxygen atoms in total. The van der Waals surface area contributed by atoms with E-state index in [0.29, 0.717) is 17.5 Å². The van der Waals surface area contributed by atoms with Crippen LogP contribution in [0.25, 0.3) is 5.65 Å². The maximum atomic E-state index is 11.6. The zero-order valence-corrected chi connectivity index (χ0v) is 13.3. The van der Waals surface area contributed by atoms with Gasteiger partial charge in [0.05, 0.1) is 12.7 Å². The number of aromatic nitrogens is 3. The minimum Gasteiger partial charge on any atom is -0.465 e. The first-order valence-corrected chi connectivity index (χ1v) is 7.77. The van der Waals surface area contributed by atoms with Crippen LogP contribution in [0.5, 0.6) is 0 Å². The van der Waals surface area contributed by atoms with Gasteiger partial charge in [0.25, 0.3) is 0 Å². The lowest BCUT2D eigenvalue weighted by Gasteiger charge is -2.33. The summed E-state index contributed by atoms with van der Waals surface area (Å²) in [7, 11) is 1.38. The lowest BCUT2D eigenvalue weighted by molar-refractivity contribution is 0.0600. The van der Waals surface area contributed by atoms with Gasteiger partial charge in [0.2, 0.25) is 0 Å². The molecule has 0 N–H and O–H groups in total. The number of pyridine rings is 1. The summed E-state index contributed by atoms with van der Waals surface area (Å²) in [5.41, 5.74) is 1.26. The molecule has 0 atom stereocenters. The minimum absolute atomic E-state index is 0.357. The van der Waals surface area contributed by atoms with Gasteiger partial charge < -0.3 is 9.64 Å². The van der Waals surface area contributed by atoms with E-state index in [2.05, 4.69) is 28.8 Å². The predicted octanol–water partition coefficient (Wildman–Crippen LogP) is 2.10. The molecule has 0 amide bonds. The molecule has 22 heavy (non-hydrogen) atoms. The van der Waals surface area contributed by atoms with Crippen LogP contribution in [-0.2, 0) is 4.74 Å². The molecule has 3 rings (SSSR count). The second kappa shape index (κ2) is 6.04. The van der Waals surface area contributed by atoms with E-state index in [-0.39, 0.29) is 5.97 Å². The Bertz CT molecular complexity index is 672. The molecule has 0 unspecified atom stereocenters. The number of carbonyl (C=O) groups excluding carboxylic acids is 1. The number of hydrogen-bond acceptors (Lipinski definition) is 5. The number of hydrogen-bond donors (Lipinski definition) is 0. The third kappa shape index (κ3) is 2.83. The first-order valence-electron chi connectivity index (χ1n) is 7.77. The van der Waals surface area contributed by atoms with Crippen molar-refractivity contribution in [2.24, 2.45) is 0 Å². The van der Waals surface area contributed by atoms with E-state index < -0.39 is 0 Å². The molecule has 0 spiro atoms. The average Bonchev–Trinajstić information content (AvgIpc) is 2.97. The van der Waals surface area contributed by atoms with Crippen molar-refractivity contribution >= 4 is 11.6 Å². The molecule has 1 fully saturated rings. The molecule has 1 aliphatic rings. The van der Waals surface area contributed by atoms with E-state index in [0.717, 1.165) is 37.4 Å². The number of nitrogens with zero attached hydrogens (tertiary/aromatic N) is 4. The molecule has 0 radical (unpaired) electrons. The molecule has 0 bridgehead atoms. The number of fused-ring (bicyclic) bond motifs is 1. The second-order valence-corrected chi connectivity index (χ2v) is 6.09. The van der Waals surface area contributed by atoms with E-state index >= 15 is 0 Å². The summed E-state index contributed by atoms with van der Waals surface area (Å²) in [6.07, 6.45) is 3.85. The number of ether oxygens (including phenoxy) is 1. The SMILES string of the molecule is COC(=O)c1ccc2nc(C3CCN(C(C)C)CC3)nn2c1. The maximum Gasteiger partial charge on any atom is 0.339 e. The lowest BCUT2D eigenvalue weighted by Crippen LogP contribution is -2.38. The monoisotopic (exact) mass is 302 g/mol. The summed E-state index contributed by atoms with van der Waals surface area (Å²) in [5, 5.41) is 4.56. The Kier molecular flexibility index (Phi) is 4.11. The summed E-state index contributed by atoms with van der Waals surface area (Å²) in [6.45, 7) is 6.65. The third-order valence-electron chi connectivity index (χ3n) is 4.39. The van der Waals surface area contributed by atoms with E-state index in [4.69, 9.17) is 4.74 Å². The second-order valence-electron chi connectivity index (χ2n) is 6.09. The number of carbonyl (C=O) groups is 1. The molecule has 0 aromatic carbocycles. The molecule has 6 heteroatoms. The summed E-state index contributed by atoms with van der Waals surface area (Å²) in [5.74, 6) is 0.922. The molecule has 118 valence electrons. The largest absolute Gasteiger partial charge is 0.465 e. The van der Waals surface area contributed by atoms with E-state index in [1.165, 1.54) is 7.11 Å². The van der Waals surface area contributed by atoms with Crippen molar-refractivity contribution in [3.05, 3.63) is 29.7 Å². The fourth-order valence-electron chi connectivity index (χ4n) is 2.99. The van der Waals surface area contributed by atoms with Gasteiger partial charge in [-0.15, -0.1) is 0 Å². The van der Waals surface area contributed by atoms with E-state index in [1.807, 2.05) is 6.07 Å². The van der Waals surface area contributed by atoms with Crippen LogP contribution in [0.1, 0.15) is 48.8 Å². The molecular weight excluding hydrogens is 280 g/mol. The van der Waals surface area contributed by atoms with Crippen molar-refractivity contribution in [3.63, 3.8) is 0 Å². The number of rotatable bonds is 3. The number of likely N-dealkylation sites (tertiary alicyclic amines) is 1. The van der Waals surface area contributed by atoms with Crippen LogP contribution in [0.4, 0.5) is 0 Å². The van der Waals surface area contributed by atoms with Crippen molar-refractivity contribution in [2.45, 2.75) is 38.6 Å². The Balaban J connectivity index is 1.79. The van der Waals surface area contributed by atoms with Crippen molar-refractivity contribution in [1.29, 1.82) is 0 Å². The van der Waals surface area contributed by atoms with Crippen LogP contribution in [0.3, 0.4) is 0 Å². The van der Waals surface area contributed by atoms with Gasteiger partial charge in [0.1, 0.15) is 0 Å². The van der Waals surface area contributed by atoms with Crippen molar-refractivity contribution < 1.29 is 9.53 Å². The van der Waals surface area contributed by atoms with Gasteiger partial charge in [0.15, 0.2) is 11.5 Å². The third-order valence-corrected chi connectivity index (χ3v) is 4.39. The maximum absolute atomic E-state index is 11.6. The van der Waals surface area contributed by atoms with E-state index in [9.17, 15) is 4.79 Å². The topological polar surface area (TPSA) is 59.7 Å². The average molecular weight is 302 g/mol. The van der Waals surface area contributed by atoms with E-state index in [1.54, 1.807) is 16.8 Å². The smallest absolute Gasteiger partial charge is 0.339 e. The van der Waals surface area contributed by atoms with Crippen LogP contribution >= 0.6 is 0 Å². The normalized spacial score (nSPS) is 17.3. The molecule has 3 heterocycles.